The summed E-state index contributed by atoms with van der Waals surface area (Å²) in [7, 11) is 0. The Labute approximate surface area is 66.9 Å². The van der Waals surface area contributed by atoms with Crippen molar-refractivity contribution in [2.24, 2.45) is 11.3 Å². The molecule has 62 valence electrons. The van der Waals surface area contributed by atoms with Gasteiger partial charge in [0.05, 0.1) is 12.5 Å². The van der Waals surface area contributed by atoms with Gasteiger partial charge in [-0.1, -0.05) is 19.8 Å². The first-order valence-electron chi connectivity index (χ1n) is 4.39. The van der Waals surface area contributed by atoms with Crippen molar-refractivity contribution in [1.29, 1.82) is 0 Å². The van der Waals surface area contributed by atoms with E-state index in [1.807, 2.05) is 0 Å². The summed E-state index contributed by atoms with van der Waals surface area (Å²) in [5.74, 6) is 0.267. The van der Waals surface area contributed by atoms with Gasteiger partial charge in [0.25, 0.3) is 0 Å². The zero-order valence-corrected chi connectivity index (χ0v) is 6.93. The maximum atomic E-state index is 11.2. The van der Waals surface area contributed by atoms with Crippen LogP contribution in [0.3, 0.4) is 0 Å². The zero-order chi connectivity index (χ0) is 7.90. The molecule has 1 saturated carbocycles. The van der Waals surface area contributed by atoms with Crippen LogP contribution in [0.5, 0.6) is 0 Å². The van der Waals surface area contributed by atoms with Gasteiger partial charge < -0.3 is 4.74 Å². The molecule has 0 radical (unpaired) electrons. The van der Waals surface area contributed by atoms with Gasteiger partial charge in [0.1, 0.15) is 0 Å². The Balaban J connectivity index is 2.21. The normalized spacial score (nSPS) is 43.4. The number of rotatable bonds is 0. The second kappa shape index (κ2) is 2.23. The van der Waals surface area contributed by atoms with Crippen LogP contribution < -0.4 is 0 Å². The Morgan fingerprint density at radius 2 is 2.36 bits per heavy atom. The van der Waals surface area contributed by atoms with Crippen molar-refractivity contribution < 1.29 is 9.53 Å². The molecule has 0 bridgehead atoms. The molecule has 2 atom stereocenters. The summed E-state index contributed by atoms with van der Waals surface area (Å²) < 4.78 is 5.06. The molecule has 0 spiro atoms. The lowest BCUT2D eigenvalue weighted by atomic mass is 9.70. The van der Waals surface area contributed by atoms with Crippen LogP contribution in [-0.2, 0) is 9.53 Å². The van der Waals surface area contributed by atoms with Crippen molar-refractivity contribution in [2.75, 3.05) is 6.61 Å². The van der Waals surface area contributed by atoms with E-state index in [0.717, 1.165) is 6.42 Å². The summed E-state index contributed by atoms with van der Waals surface area (Å²) in [6.07, 6.45) is 4.69. The van der Waals surface area contributed by atoms with E-state index in [1.165, 1.54) is 19.3 Å². The molecule has 0 unspecified atom stereocenters. The summed E-state index contributed by atoms with van der Waals surface area (Å²) in [5.41, 5.74) is 0.190. The van der Waals surface area contributed by atoms with Crippen molar-refractivity contribution in [3.05, 3.63) is 0 Å². The van der Waals surface area contributed by atoms with Gasteiger partial charge >= 0.3 is 5.97 Å². The minimum absolute atomic E-state index is 0.0483. The topological polar surface area (TPSA) is 26.3 Å². The highest BCUT2D eigenvalue weighted by Crippen LogP contribution is 2.45. The summed E-state index contributed by atoms with van der Waals surface area (Å²) in [4.78, 5) is 11.2. The summed E-state index contributed by atoms with van der Waals surface area (Å²) >= 11 is 0. The van der Waals surface area contributed by atoms with Gasteiger partial charge in [-0.15, -0.1) is 0 Å². The quantitative estimate of drug-likeness (QED) is 0.497. The van der Waals surface area contributed by atoms with Crippen molar-refractivity contribution in [3.8, 4) is 0 Å². The van der Waals surface area contributed by atoms with Crippen LogP contribution in [0.25, 0.3) is 0 Å². The molecule has 1 heterocycles. The van der Waals surface area contributed by atoms with Crippen LogP contribution in [0.1, 0.15) is 32.6 Å². The van der Waals surface area contributed by atoms with Crippen molar-refractivity contribution in [3.63, 3.8) is 0 Å². The van der Waals surface area contributed by atoms with E-state index in [9.17, 15) is 4.79 Å². The Morgan fingerprint density at radius 3 is 3.09 bits per heavy atom. The highest BCUT2D eigenvalue weighted by molar-refractivity contribution is 5.75. The molecule has 2 aliphatic rings. The molecular weight excluding hydrogens is 140 g/mol. The SMILES string of the molecule is C[C@]12CCCC[C@H]1C(=O)OC2. The van der Waals surface area contributed by atoms with E-state index in [-0.39, 0.29) is 17.3 Å². The van der Waals surface area contributed by atoms with E-state index in [1.54, 1.807) is 0 Å². The highest BCUT2D eigenvalue weighted by Gasteiger charge is 2.47. The van der Waals surface area contributed by atoms with Gasteiger partial charge in [-0.25, -0.2) is 0 Å². The van der Waals surface area contributed by atoms with Crippen LogP contribution in [0.15, 0.2) is 0 Å². The molecule has 11 heavy (non-hydrogen) atoms. The number of hydrogen-bond acceptors (Lipinski definition) is 2. The van der Waals surface area contributed by atoms with Gasteiger partial charge in [-0.05, 0) is 12.8 Å². The average Bonchev–Trinajstić information content (AvgIpc) is 2.29. The van der Waals surface area contributed by atoms with E-state index in [2.05, 4.69) is 6.92 Å². The number of ether oxygens (including phenoxy) is 1. The van der Waals surface area contributed by atoms with E-state index in [0.29, 0.717) is 6.61 Å². The molecule has 0 aromatic carbocycles. The first-order chi connectivity index (χ1) is 5.22. The predicted molar refractivity (Wildman–Crippen MR) is 41.0 cm³/mol. The van der Waals surface area contributed by atoms with Gasteiger partial charge in [0.2, 0.25) is 0 Å². The first kappa shape index (κ1) is 7.14. The number of carbonyl (C=O) groups excluding carboxylic acids is 1. The van der Waals surface area contributed by atoms with Gasteiger partial charge in [-0.3, -0.25) is 4.79 Å². The third-order valence-electron chi connectivity index (χ3n) is 3.16. The second-order valence-electron chi connectivity index (χ2n) is 4.06. The Bertz CT molecular complexity index is 188. The fraction of sp³-hybridized carbons (Fsp3) is 0.889. The number of fused-ring (bicyclic) bond motifs is 1. The third kappa shape index (κ3) is 0.959. The van der Waals surface area contributed by atoms with Gasteiger partial charge in [0.15, 0.2) is 0 Å². The van der Waals surface area contributed by atoms with Gasteiger partial charge in [0, 0.05) is 5.41 Å². The van der Waals surface area contributed by atoms with Crippen LogP contribution >= 0.6 is 0 Å². The Kier molecular flexibility index (Phi) is 1.44. The molecule has 0 N–H and O–H groups in total. The fourth-order valence-electron chi connectivity index (χ4n) is 2.31. The first-order valence-corrected chi connectivity index (χ1v) is 4.39. The van der Waals surface area contributed by atoms with Crippen molar-refractivity contribution in [2.45, 2.75) is 32.6 Å². The third-order valence-corrected chi connectivity index (χ3v) is 3.16. The molecular formula is C9H14O2. The standard InChI is InChI=1S/C9H14O2/c1-9-5-3-2-4-7(9)8(10)11-6-9/h7H,2-6H2,1H3/t7-,9+/m0/s1. The Morgan fingerprint density at radius 1 is 1.55 bits per heavy atom. The van der Waals surface area contributed by atoms with Crippen LogP contribution in [0, 0.1) is 11.3 Å². The molecule has 1 aliphatic carbocycles. The zero-order valence-electron chi connectivity index (χ0n) is 6.93. The minimum Gasteiger partial charge on any atom is -0.465 e. The van der Waals surface area contributed by atoms with E-state index < -0.39 is 0 Å². The van der Waals surface area contributed by atoms with E-state index >= 15 is 0 Å². The van der Waals surface area contributed by atoms with Crippen LogP contribution in [-0.4, -0.2) is 12.6 Å². The number of carbonyl (C=O) groups is 1. The van der Waals surface area contributed by atoms with Crippen molar-refractivity contribution in [1.82, 2.24) is 0 Å². The number of hydrogen-bond donors (Lipinski definition) is 0. The lowest BCUT2D eigenvalue weighted by molar-refractivity contribution is -0.141. The second-order valence-corrected chi connectivity index (χ2v) is 4.06. The summed E-state index contributed by atoms with van der Waals surface area (Å²) in [6, 6.07) is 0. The molecule has 1 aliphatic heterocycles. The van der Waals surface area contributed by atoms with E-state index in [4.69, 9.17) is 4.74 Å². The molecule has 0 aromatic heterocycles. The van der Waals surface area contributed by atoms with Crippen molar-refractivity contribution >= 4 is 5.97 Å². The molecule has 2 heteroatoms. The molecule has 1 saturated heterocycles. The molecule has 2 nitrogen and oxygen atoms in total. The smallest absolute Gasteiger partial charge is 0.309 e. The summed E-state index contributed by atoms with van der Waals surface area (Å²) in [6.45, 7) is 2.85. The molecule has 0 aromatic rings. The summed E-state index contributed by atoms with van der Waals surface area (Å²) in [5, 5.41) is 0. The molecule has 2 fully saturated rings. The lowest BCUT2D eigenvalue weighted by Crippen LogP contribution is -2.30. The highest BCUT2D eigenvalue weighted by atomic mass is 16.5. The monoisotopic (exact) mass is 154 g/mol. The fourth-order valence-corrected chi connectivity index (χ4v) is 2.31. The molecule has 0 amide bonds. The van der Waals surface area contributed by atoms with Crippen LogP contribution in [0.2, 0.25) is 0 Å². The van der Waals surface area contributed by atoms with Gasteiger partial charge in [-0.2, -0.15) is 0 Å². The lowest BCUT2D eigenvalue weighted by Gasteiger charge is -2.31. The largest absolute Gasteiger partial charge is 0.465 e. The Hall–Kier alpha value is -0.530. The minimum atomic E-state index is 0.0483. The maximum absolute atomic E-state index is 11.2. The van der Waals surface area contributed by atoms with Crippen LogP contribution in [0.4, 0.5) is 0 Å². The number of esters is 1. The maximum Gasteiger partial charge on any atom is 0.309 e. The average molecular weight is 154 g/mol. The predicted octanol–water partition coefficient (Wildman–Crippen LogP) is 1.74. The molecule has 2 rings (SSSR count). The number of cyclic esters (lactones) is 1.